The Labute approximate surface area is 361 Å². The van der Waals surface area contributed by atoms with Crippen molar-refractivity contribution in [3.63, 3.8) is 0 Å². The summed E-state index contributed by atoms with van der Waals surface area (Å²) in [5.74, 6) is -6.02. The molecule has 3 aliphatic carbocycles. The molecule has 3 fully saturated rings. The maximum atomic E-state index is 15.6. The Balaban J connectivity index is 1.76. The Bertz CT molecular complexity index is 2030. The molecule has 4 aliphatic rings. The quantitative estimate of drug-likeness (QED) is 0.140. The normalized spacial score (nSPS) is 32.1. The number of ether oxygens (including phenoxy) is 7. The number of aliphatic hydroxyl groups is 3. The van der Waals surface area contributed by atoms with Gasteiger partial charge in [0.25, 0.3) is 0 Å². The fourth-order valence-corrected chi connectivity index (χ4v) is 9.61. The lowest BCUT2D eigenvalue weighted by Crippen LogP contribution is -2.82. The van der Waals surface area contributed by atoms with Crippen molar-refractivity contribution >= 4 is 35.8 Å². The van der Waals surface area contributed by atoms with Gasteiger partial charge in [0.15, 0.2) is 23.6 Å². The minimum Gasteiger partial charge on any atom is -0.497 e. The van der Waals surface area contributed by atoms with E-state index >= 15 is 4.79 Å². The number of esters is 4. The van der Waals surface area contributed by atoms with E-state index < -0.39 is 118 Å². The molecule has 1 aliphatic heterocycles. The summed E-state index contributed by atoms with van der Waals surface area (Å²) >= 11 is 0. The van der Waals surface area contributed by atoms with Crippen LogP contribution in [0.15, 0.2) is 47.1 Å². The molecule has 1 aromatic rings. The minimum absolute atomic E-state index is 0.0131. The van der Waals surface area contributed by atoms with Crippen LogP contribution in [0, 0.1) is 16.7 Å². The van der Waals surface area contributed by atoms with Gasteiger partial charge in [-0.3, -0.25) is 14.4 Å². The first-order valence-corrected chi connectivity index (χ1v) is 20.7. The van der Waals surface area contributed by atoms with Gasteiger partial charge in [0.05, 0.1) is 42.8 Å². The average molecular weight is 872 g/mol. The van der Waals surface area contributed by atoms with E-state index in [1.807, 2.05) is 0 Å². The van der Waals surface area contributed by atoms with Crippen LogP contribution in [0.4, 0.5) is 4.79 Å². The number of methoxy groups -OCH3 is 1. The summed E-state index contributed by atoms with van der Waals surface area (Å²) in [6.45, 7) is 16.6. The summed E-state index contributed by atoms with van der Waals surface area (Å²) in [6.07, 6.45) is -10.4. The fourth-order valence-electron chi connectivity index (χ4n) is 9.61. The van der Waals surface area contributed by atoms with E-state index in [0.717, 1.165) is 6.92 Å². The number of fused-ring (bicyclic) bond motifs is 5. The molecule has 5 rings (SSSR count). The number of rotatable bonds is 11. The lowest BCUT2D eigenvalue weighted by Gasteiger charge is -2.67. The van der Waals surface area contributed by atoms with Crippen LogP contribution in [-0.4, -0.2) is 124 Å². The van der Waals surface area contributed by atoms with Crippen molar-refractivity contribution < 1.29 is 77.2 Å². The fraction of sp³-hybridized carbons (Fsp3) is 0.644. The van der Waals surface area contributed by atoms with Crippen LogP contribution in [0.1, 0.15) is 106 Å². The molecule has 342 valence electrons. The summed E-state index contributed by atoms with van der Waals surface area (Å²) in [5, 5.41) is 39.8. The highest BCUT2D eigenvalue weighted by molar-refractivity contribution is 5.96. The molecule has 0 aromatic heterocycles. The predicted molar refractivity (Wildman–Crippen MR) is 218 cm³/mol. The van der Waals surface area contributed by atoms with E-state index in [1.165, 1.54) is 46.1 Å². The standard InChI is InChI=1S/C45H61NO16/c1-13-31(49)59-34-32-23(4)28(58-39(53)33(50)27(17-22(2)3)46-40(54)62-41(6,7)8)20-45(55,42(32,9)10)37(60-38(52)25-15-14-16-26(18-25)56-12)35-43(11,36(34)51)29(48)19-30-44(35,21-57-30)61-24(5)47/h14-18,27-30,33-35,37,48,50,55H,13,19-21H2,1-12H3,(H,46,54)/t27-,28-,29-,30+,33+,34+,35?,37-,43+,44-,45+/m0/s1. The van der Waals surface area contributed by atoms with Crippen LogP contribution < -0.4 is 10.1 Å². The van der Waals surface area contributed by atoms with Gasteiger partial charge in [-0.25, -0.2) is 14.4 Å². The molecule has 0 radical (unpaired) electrons. The van der Waals surface area contributed by atoms with E-state index in [-0.39, 0.29) is 36.2 Å². The molecular weight excluding hydrogens is 810 g/mol. The molecule has 2 saturated carbocycles. The molecule has 1 aromatic carbocycles. The van der Waals surface area contributed by atoms with Gasteiger partial charge in [-0.15, -0.1) is 0 Å². The summed E-state index contributed by atoms with van der Waals surface area (Å²) < 4.78 is 41.1. The number of amides is 1. The van der Waals surface area contributed by atoms with Crippen molar-refractivity contribution in [1.82, 2.24) is 5.32 Å². The second-order valence-corrected chi connectivity index (χ2v) is 18.6. The number of alkyl carbamates (subject to hydrolysis) is 1. The molecule has 1 amide bonds. The zero-order chi connectivity index (χ0) is 46.5. The number of nitrogens with one attached hydrogen (secondary N) is 1. The first-order valence-electron chi connectivity index (χ1n) is 20.7. The molecule has 11 atom stereocenters. The lowest BCUT2D eigenvalue weighted by molar-refractivity contribution is -0.346. The third kappa shape index (κ3) is 8.60. The highest BCUT2D eigenvalue weighted by Crippen LogP contribution is 2.64. The van der Waals surface area contributed by atoms with Crippen LogP contribution >= 0.6 is 0 Å². The Morgan fingerprint density at radius 2 is 1.71 bits per heavy atom. The second kappa shape index (κ2) is 17.4. The van der Waals surface area contributed by atoms with Crippen LogP contribution in [0.3, 0.4) is 0 Å². The summed E-state index contributed by atoms with van der Waals surface area (Å²) in [5.41, 5.74) is -8.16. The van der Waals surface area contributed by atoms with Gasteiger partial charge in [0, 0.05) is 31.6 Å². The van der Waals surface area contributed by atoms with Crippen molar-refractivity contribution in [1.29, 1.82) is 0 Å². The topological polar surface area (TPSA) is 240 Å². The number of benzene rings is 1. The van der Waals surface area contributed by atoms with Crippen molar-refractivity contribution in [2.45, 2.75) is 155 Å². The van der Waals surface area contributed by atoms with Crippen molar-refractivity contribution in [3.8, 4) is 5.75 Å². The largest absolute Gasteiger partial charge is 0.497 e. The van der Waals surface area contributed by atoms with Gasteiger partial charge in [0.1, 0.15) is 35.3 Å². The van der Waals surface area contributed by atoms with Gasteiger partial charge in [0.2, 0.25) is 0 Å². The number of aliphatic hydroxyl groups excluding tert-OH is 2. The van der Waals surface area contributed by atoms with Crippen molar-refractivity contribution in [2.75, 3.05) is 13.7 Å². The highest BCUT2D eigenvalue weighted by Gasteiger charge is 2.78. The molecule has 2 bridgehead atoms. The predicted octanol–water partition coefficient (Wildman–Crippen LogP) is 3.82. The van der Waals surface area contributed by atoms with Crippen molar-refractivity contribution in [2.24, 2.45) is 16.7 Å². The van der Waals surface area contributed by atoms with Gasteiger partial charge in [-0.1, -0.05) is 38.5 Å². The molecule has 17 heteroatoms. The summed E-state index contributed by atoms with van der Waals surface area (Å²) in [4.78, 5) is 83.3. The molecular formula is C45H61NO16. The third-order valence-corrected chi connectivity index (χ3v) is 12.8. The Morgan fingerprint density at radius 1 is 1.05 bits per heavy atom. The number of allylic oxidation sites excluding steroid dienone is 1. The third-order valence-electron chi connectivity index (χ3n) is 12.8. The van der Waals surface area contributed by atoms with Gasteiger partial charge >= 0.3 is 30.0 Å². The first-order chi connectivity index (χ1) is 28.7. The van der Waals surface area contributed by atoms with Gasteiger partial charge in [-0.2, -0.15) is 0 Å². The summed E-state index contributed by atoms with van der Waals surface area (Å²) in [6, 6.07) is 4.62. The Kier molecular flexibility index (Phi) is 13.5. The Morgan fingerprint density at radius 3 is 2.26 bits per heavy atom. The smallest absolute Gasteiger partial charge is 0.408 e. The molecule has 62 heavy (non-hydrogen) atoms. The molecule has 1 saturated heterocycles. The van der Waals surface area contributed by atoms with Gasteiger partial charge in [-0.05, 0) is 77.8 Å². The molecule has 0 spiro atoms. The van der Waals surface area contributed by atoms with E-state index in [9.17, 15) is 39.3 Å². The average Bonchev–Trinajstić information content (AvgIpc) is 3.17. The lowest BCUT2D eigenvalue weighted by atomic mass is 9.44. The second-order valence-electron chi connectivity index (χ2n) is 18.6. The number of carbonyl (C=O) groups excluding carboxylic acids is 6. The van der Waals surface area contributed by atoms with E-state index in [2.05, 4.69) is 5.32 Å². The van der Waals surface area contributed by atoms with Crippen LogP contribution in [0.2, 0.25) is 0 Å². The number of ketones is 1. The monoisotopic (exact) mass is 871 g/mol. The van der Waals surface area contributed by atoms with Crippen LogP contribution in [0.5, 0.6) is 5.75 Å². The SMILES string of the molecule is CCC(=O)O[C@H]1C(=O)[C@@]2(C)C([C@H](OC(=O)c3cccc(OC)c3)[C@]3(O)C[C@H](OC(=O)[C@H](O)[C@H](C=C(C)C)NC(=O)OC(C)(C)C)C(C)=C1C3(C)C)[C@]1(OC(C)=O)CO[C@@H]1C[C@@H]2O. The van der Waals surface area contributed by atoms with Crippen molar-refractivity contribution in [3.05, 3.63) is 52.6 Å². The highest BCUT2D eigenvalue weighted by atomic mass is 16.6. The molecule has 4 N–H and O–H groups in total. The zero-order valence-electron chi connectivity index (χ0n) is 37.5. The summed E-state index contributed by atoms with van der Waals surface area (Å²) in [7, 11) is 1.40. The maximum Gasteiger partial charge on any atom is 0.408 e. The minimum atomic E-state index is -2.42. The van der Waals surface area contributed by atoms with E-state index in [1.54, 1.807) is 60.6 Å². The van der Waals surface area contributed by atoms with Crippen LogP contribution in [-0.2, 0) is 47.6 Å². The zero-order valence-corrected chi connectivity index (χ0v) is 37.5. The first kappa shape index (κ1) is 48.2. The Hall–Kier alpha value is -4.84. The molecule has 17 nitrogen and oxygen atoms in total. The molecule has 1 heterocycles. The number of carbonyl (C=O) groups is 6. The van der Waals surface area contributed by atoms with E-state index in [4.69, 9.17) is 33.2 Å². The van der Waals surface area contributed by atoms with E-state index in [0.29, 0.717) is 11.3 Å². The molecule has 1 unspecified atom stereocenters. The van der Waals surface area contributed by atoms with Crippen LogP contribution in [0.25, 0.3) is 0 Å². The number of hydrogen-bond donors (Lipinski definition) is 4. The number of hydrogen-bond acceptors (Lipinski definition) is 16. The number of Topliss-reactive ketones (excluding diaryl/α,β-unsaturated/α-hetero) is 1. The maximum absolute atomic E-state index is 15.6. The van der Waals surface area contributed by atoms with Gasteiger partial charge < -0.3 is 53.8 Å².